The summed E-state index contributed by atoms with van der Waals surface area (Å²) >= 11 is 7.14. The molecule has 0 unspecified atom stereocenters. The Morgan fingerprint density at radius 1 is 1.35 bits per heavy atom. The molecule has 3 aromatic rings. The van der Waals surface area contributed by atoms with E-state index in [1.165, 1.54) is 17.4 Å². The van der Waals surface area contributed by atoms with Crippen molar-refractivity contribution in [3.63, 3.8) is 0 Å². The maximum atomic E-state index is 13.6. The number of thiophene rings is 1. The molecule has 0 aliphatic heterocycles. The van der Waals surface area contributed by atoms with Gasteiger partial charge in [-0.15, -0.1) is 11.3 Å². The number of nitrogens with one attached hydrogen (secondary N) is 1. The summed E-state index contributed by atoms with van der Waals surface area (Å²) in [7, 11) is 0. The lowest BCUT2D eigenvalue weighted by Gasteiger charge is -2.06. The number of aromatic nitrogens is 1. The van der Waals surface area contributed by atoms with E-state index in [4.69, 9.17) is 21.9 Å². The van der Waals surface area contributed by atoms with Gasteiger partial charge in [0, 0.05) is 12.1 Å². The third-order valence-electron chi connectivity index (χ3n) is 3.15. The average molecular weight is 352 g/mol. The quantitative estimate of drug-likeness (QED) is 0.750. The van der Waals surface area contributed by atoms with E-state index in [1.807, 2.05) is 0 Å². The highest BCUT2D eigenvalue weighted by Crippen LogP contribution is 2.34. The number of nitrogen functional groups attached to an aromatic ring is 1. The average Bonchev–Trinajstić information content (AvgIpc) is 3.12. The van der Waals surface area contributed by atoms with Crippen LogP contribution in [0.15, 0.2) is 40.9 Å². The van der Waals surface area contributed by atoms with Crippen molar-refractivity contribution in [1.29, 1.82) is 0 Å². The lowest BCUT2D eigenvalue weighted by atomic mass is 10.1. The van der Waals surface area contributed by atoms with Gasteiger partial charge in [-0.3, -0.25) is 4.79 Å². The van der Waals surface area contributed by atoms with Gasteiger partial charge in [-0.05, 0) is 18.2 Å². The number of nitrogens with two attached hydrogens (primary N) is 1. The van der Waals surface area contributed by atoms with Crippen LogP contribution in [0.1, 0.15) is 15.9 Å². The number of nitrogens with zero attached hydrogens (tertiary/aromatic N) is 1. The first-order chi connectivity index (χ1) is 11.1. The predicted octanol–water partition coefficient (Wildman–Crippen LogP) is 3.71. The molecule has 0 saturated carbocycles. The monoisotopic (exact) mass is 351 g/mol. The molecule has 5 nitrogen and oxygen atoms in total. The molecule has 0 aliphatic rings. The predicted molar refractivity (Wildman–Crippen MR) is 86.8 cm³/mol. The second kappa shape index (κ2) is 6.39. The Morgan fingerprint density at radius 3 is 2.83 bits per heavy atom. The van der Waals surface area contributed by atoms with Crippen LogP contribution < -0.4 is 11.1 Å². The van der Waals surface area contributed by atoms with Crippen molar-refractivity contribution < 1.29 is 13.7 Å². The summed E-state index contributed by atoms with van der Waals surface area (Å²) in [6.45, 7) is 0.0285. The Labute approximate surface area is 139 Å². The summed E-state index contributed by atoms with van der Waals surface area (Å²) in [5.41, 5.74) is 6.49. The van der Waals surface area contributed by atoms with Crippen LogP contribution in [0.4, 0.5) is 10.3 Å². The van der Waals surface area contributed by atoms with Crippen molar-refractivity contribution in [2.75, 3.05) is 5.73 Å². The standard InChI is InChI=1S/C15H11ClFN3O2S/c16-11-6-5-10(23-11)13-12(14(18)22-20-13)15(21)19-7-8-3-1-2-4-9(8)17/h1-6H,7,18H2,(H,19,21). The summed E-state index contributed by atoms with van der Waals surface area (Å²) < 4.78 is 19.1. The van der Waals surface area contributed by atoms with E-state index in [0.29, 0.717) is 20.5 Å². The van der Waals surface area contributed by atoms with Gasteiger partial charge in [0.05, 0.1) is 9.21 Å². The minimum atomic E-state index is -0.494. The maximum absolute atomic E-state index is 13.6. The first kappa shape index (κ1) is 15.5. The Kier molecular flexibility index (Phi) is 4.31. The van der Waals surface area contributed by atoms with Crippen LogP contribution in [0.5, 0.6) is 0 Å². The number of carbonyl (C=O) groups is 1. The highest BCUT2D eigenvalue weighted by Gasteiger charge is 2.23. The second-order valence-electron chi connectivity index (χ2n) is 4.65. The summed E-state index contributed by atoms with van der Waals surface area (Å²) in [6, 6.07) is 9.60. The molecule has 3 rings (SSSR count). The summed E-state index contributed by atoms with van der Waals surface area (Å²) in [5, 5.41) is 6.42. The number of amides is 1. The number of hydrogen-bond donors (Lipinski definition) is 2. The molecular weight excluding hydrogens is 341 g/mol. The fraction of sp³-hybridized carbons (Fsp3) is 0.0667. The van der Waals surface area contributed by atoms with Gasteiger partial charge in [-0.2, -0.15) is 0 Å². The van der Waals surface area contributed by atoms with Crippen molar-refractivity contribution in [3.05, 3.63) is 57.7 Å². The second-order valence-corrected chi connectivity index (χ2v) is 6.36. The van der Waals surface area contributed by atoms with E-state index >= 15 is 0 Å². The van der Waals surface area contributed by atoms with E-state index in [0.717, 1.165) is 0 Å². The minimum absolute atomic E-state index is 0.0285. The smallest absolute Gasteiger partial charge is 0.259 e. The van der Waals surface area contributed by atoms with E-state index < -0.39 is 11.7 Å². The number of hydrogen-bond acceptors (Lipinski definition) is 5. The highest BCUT2D eigenvalue weighted by atomic mass is 35.5. The lowest BCUT2D eigenvalue weighted by Crippen LogP contribution is -2.24. The van der Waals surface area contributed by atoms with E-state index in [2.05, 4.69) is 10.5 Å². The first-order valence-corrected chi connectivity index (χ1v) is 7.78. The molecule has 0 spiro atoms. The molecule has 23 heavy (non-hydrogen) atoms. The molecule has 0 saturated heterocycles. The zero-order valence-electron chi connectivity index (χ0n) is 11.7. The summed E-state index contributed by atoms with van der Waals surface area (Å²) in [5.74, 6) is -0.988. The molecular formula is C15H11ClFN3O2S. The third kappa shape index (κ3) is 3.20. The molecule has 118 valence electrons. The number of benzene rings is 1. The van der Waals surface area contributed by atoms with Crippen molar-refractivity contribution >= 4 is 34.7 Å². The summed E-state index contributed by atoms with van der Waals surface area (Å²) in [6.07, 6.45) is 0. The number of rotatable bonds is 4. The molecule has 2 heterocycles. The molecule has 2 aromatic heterocycles. The van der Waals surface area contributed by atoms with Crippen molar-refractivity contribution in [1.82, 2.24) is 10.5 Å². The van der Waals surface area contributed by atoms with Crippen LogP contribution in [0.3, 0.4) is 0 Å². The topological polar surface area (TPSA) is 81.2 Å². The molecule has 0 atom stereocenters. The molecule has 1 aromatic carbocycles. The van der Waals surface area contributed by atoms with Gasteiger partial charge in [0.15, 0.2) is 0 Å². The molecule has 1 amide bonds. The largest absolute Gasteiger partial charge is 0.367 e. The third-order valence-corrected chi connectivity index (χ3v) is 4.39. The van der Waals surface area contributed by atoms with Crippen molar-refractivity contribution in [3.8, 4) is 10.6 Å². The van der Waals surface area contributed by atoms with Crippen LogP contribution in [0.25, 0.3) is 10.6 Å². The first-order valence-electron chi connectivity index (χ1n) is 6.58. The number of carbonyl (C=O) groups excluding carboxylic acids is 1. The van der Waals surface area contributed by atoms with Gasteiger partial charge >= 0.3 is 0 Å². The fourth-order valence-electron chi connectivity index (χ4n) is 2.04. The Balaban J connectivity index is 1.83. The minimum Gasteiger partial charge on any atom is -0.367 e. The molecule has 0 fully saturated rings. The van der Waals surface area contributed by atoms with Crippen LogP contribution in [-0.2, 0) is 6.54 Å². The van der Waals surface area contributed by atoms with E-state index in [9.17, 15) is 9.18 Å². The lowest BCUT2D eigenvalue weighted by molar-refractivity contribution is 0.0951. The van der Waals surface area contributed by atoms with Gasteiger partial charge in [-0.25, -0.2) is 4.39 Å². The van der Waals surface area contributed by atoms with Gasteiger partial charge < -0.3 is 15.6 Å². The maximum Gasteiger partial charge on any atom is 0.259 e. The molecule has 0 radical (unpaired) electrons. The fourth-order valence-corrected chi connectivity index (χ4v) is 3.07. The molecule has 0 aliphatic carbocycles. The van der Waals surface area contributed by atoms with E-state index in [-0.39, 0.29) is 18.0 Å². The van der Waals surface area contributed by atoms with Crippen LogP contribution in [-0.4, -0.2) is 11.1 Å². The zero-order valence-corrected chi connectivity index (χ0v) is 13.2. The van der Waals surface area contributed by atoms with Gasteiger partial charge in [-0.1, -0.05) is 35.0 Å². The Bertz CT molecular complexity index is 862. The number of halogens is 2. The van der Waals surface area contributed by atoms with Gasteiger partial charge in [0.25, 0.3) is 5.91 Å². The van der Waals surface area contributed by atoms with Crippen molar-refractivity contribution in [2.45, 2.75) is 6.54 Å². The Morgan fingerprint density at radius 2 is 2.13 bits per heavy atom. The van der Waals surface area contributed by atoms with Crippen molar-refractivity contribution in [2.24, 2.45) is 0 Å². The molecule has 8 heteroatoms. The SMILES string of the molecule is Nc1onc(-c2ccc(Cl)s2)c1C(=O)NCc1ccccc1F. The van der Waals surface area contributed by atoms with Crippen LogP contribution >= 0.6 is 22.9 Å². The van der Waals surface area contributed by atoms with Gasteiger partial charge in [0.1, 0.15) is 17.1 Å². The molecule has 0 bridgehead atoms. The molecule has 3 N–H and O–H groups in total. The van der Waals surface area contributed by atoms with Crippen LogP contribution in [0, 0.1) is 5.82 Å². The van der Waals surface area contributed by atoms with E-state index in [1.54, 1.807) is 30.3 Å². The Hall–Kier alpha value is -2.38. The normalized spacial score (nSPS) is 10.7. The van der Waals surface area contributed by atoms with Gasteiger partial charge in [0.2, 0.25) is 5.88 Å². The van der Waals surface area contributed by atoms with Crippen LogP contribution in [0.2, 0.25) is 4.34 Å². The summed E-state index contributed by atoms with van der Waals surface area (Å²) in [4.78, 5) is 13.0. The number of anilines is 1. The highest BCUT2D eigenvalue weighted by molar-refractivity contribution is 7.19. The zero-order chi connectivity index (χ0) is 16.4.